The Hall–Kier alpha value is -3.84. The van der Waals surface area contributed by atoms with Crippen molar-refractivity contribution in [2.45, 2.75) is 27.7 Å². The molecule has 0 atom stereocenters. The van der Waals surface area contributed by atoms with E-state index in [0.29, 0.717) is 0 Å². The SMILES string of the molecule is C=C.C=Cc1ccc(C=CC(/C=C\C(=C)N(C/C=C(C)\C=C/C)c2cccc(C)c2)=C/C)cc1. The van der Waals surface area contributed by atoms with Crippen LogP contribution in [0.4, 0.5) is 5.69 Å². The van der Waals surface area contributed by atoms with Crippen LogP contribution in [0, 0.1) is 6.92 Å². The lowest BCUT2D eigenvalue weighted by Crippen LogP contribution is -2.21. The van der Waals surface area contributed by atoms with Gasteiger partial charge in [-0.3, -0.25) is 0 Å². The topological polar surface area (TPSA) is 3.24 Å². The van der Waals surface area contributed by atoms with Gasteiger partial charge in [0, 0.05) is 17.9 Å². The van der Waals surface area contributed by atoms with Crippen molar-refractivity contribution in [3.05, 3.63) is 151 Å². The van der Waals surface area contributed by atoms with Crippen molar-refractivity contribution >= 4 is 17.8 Å². The highest BCUT2D eigenvalue weighted by Gasteiger charge is 2.07. The Bertz CT molecular complexity index is 1070. The Kier molecular flexibility index (Phi) is 13.2. The highest BCUT2D eigenvalue weighted by molar-refractivity contribution is 5.59. The van der Waals surface area contributed by atoms with Gasteiger partial charge in [-0.2, -0.15) is 0 Å². The number of hydrogen-bond donors (Lipinski definition) is 0. The second kappa shape index (κ2) is 15.9. The molecule has 2 aromatic rings. The monoisotopic (exact) mass is 449 g/mol. The molecule has 1 heteroatoms. The van der Waals surface area contributed by atoms with Crippen molar-refractivity contribution in [2.75, 3.05) is 11.4 Å². The molecule has 0 saturated carbocycles. The van der Waals surface area contributed by atoms with Crippen molar-refractivity contribution in [3.8, 4) is 0 Å². The van der Waals surface area contributed by atoms with E-state index in [4.69, 9.17) is 0 Å². The highest BCUT2D eigenvalue weighted by Crippen LogP contribution is 2.21. The standard InChI is InChI=1S/C31H35N.C2H4/c1-7-11-25(4)22-23-32(31-13-10-12-26(5)24-31)27(6)14-15-28(8-2)16-19-30-20-17-29(9-3)18-21-30;1-2/h7-22,24H,3,6,23H2,1-2,4-5H3;1-2H2/b11-7-,15-14-,19-16?,25-22-,28-8+;. The van der Waals surface area contributed by atoms with E-state index in [0.717, 1.165) is 34.6 Å². The second-order valence-electron chi connectivity index (χ2n) is 7.72. The molecule has 1 nitrogen and oxygen atoms in total. The molecule has 0 amide bonds. The molecule has 0 aliphatic carbocycles. The Labute approximate surface area is 207 Å². The van der Waals surface area contributed by atoms with Gasteiger partial charge < -0.3 is 4.90 Å². The molecule has 2 rings (SSSR count). The molecule has 0 N–H and O–H groups in total. The Morgan fingerprint density at radius 3 is 2.18 bits per heavy atom. The van der Waals surface area contributed by atoms with Crippen LogP contribution >= 0.6 is 0 Å². The first-order chi connectivity index (χ1) is 16.5. The summed E-state index contributed by atoms with van der Waals surface area (Å²) in [6, 6.07) is 16.9. The zero-order chi connectivity index (χ0) is 25.3. The normalized spacial score (nSPS) is 12.1. The summed E-state index contributed by atoms with van der Waals surface area (Å²) < 4.78 is 0. The Morgan fingerprint density at radius 2 is 1.59 bits per heavy atom. The third-order valence-corrected chi connectivity index (χ3v) is 5.13. The summed E-state index contributed by atoms with van der Waals surface area (Å²) in [7, 11) is 0. The molecule has 0 unspecified atom stereocenters. The van der Waals surface area contributed by atoms with Crippen molar-refractivity contribution in [1.29, 1.82) is 0 Å². The van der Waals surface area contributed by atoms with E-state index < -0.39 is 0 Å². The Morgan fingerprint density at radius 1 is 0.912 bits per heavy atom. The van der Waals surface area contributed by atoms with Gasteiger partial charge in [-0.05, 0) is 68.2 Å². The quantitative estimate of drug-likeness (QED) is 0.258. The van der Waals surface area contributed by atoms with Crippen LogP contribution in [0.15, 0.2) is 134 Å². The molecule has 0 fully saturated rings. The molecule has 0 aromatic heterocycles. The minimum absolute atomic E-state index is 0.763. The van der Waals surface area contributed by atoms with Gasteiger partial charge in [0.25, 0.3) is 0 Å². The van der Waals surface area contributed by atoms with Gasteiger partial charge in [0.1, 0.15) is 0 Å². The number of aryl methyl sites for hydroxylation is 1. The molecule has 2 aromatic carbocycles. The molecule has 0 spiro atoms. The third-order valence-electron chi connectivity index (χ3n) is 5.13. The molecular formula is C33H39N. The molecule has 0 bridgehead atoms. The first kappa shape index (κ1) is 28.2. The first-order valence-corrected chi connectivity index (χ1v) is 11.5. The van der Waals surface area contributed by atoms with Crippen LogP contribution in [0.3, 0.4) is 0 Å². The molecule has 176 valence electrons. The summed E-state index contributed by atoms with van der Waals surface area (Å²) in [4.78, 5) is 2.24. The van der Waals surface area contributed by atoms with Crippen molar-refractivity contribution in [2.24, 2.45) is 0 Å². The molecular weight excluding hydrogens is 410 g/mol. The fourth-order valence-electron chi connectivity index (χ4n) is 3.22. The lowest BCUT2D eigenvalue weighted by Gasteiger charge is -2.24. The van der Waals surface area contributed by atoms with Crippen LogP contribution in [0.2, 0.25) is 0 Å². The zero-order valence-electron chi connectivity index (χ0n) is 21.3. The van der Waals surface area contributed by atoms with Gasteiger partial charge in [0.05, 0.1) is 0 Å². The summed E-state index contributed by atoms with van der Waals surface area (Å²) in [6.45, 7) is 23.3. The average molecular weight is 450 g/mol. The highest BCUT2D eigenvalue weighted by atomic mass is 15.1. The lowest BCUT2D eigenvalue weighted by atomic mass is 10.1. The third kappa shape index (κ3) is 9.75. The zero-order valence-corrected chi connectivity index (χ0v) is 21.3. The summed E-state index contributed by atoms with van der Waals surface area (Å²) in [5, 5.41) is 0. The van der Waals surface area contributed by atoms with Gasteiger partial charge in [-0.1, -0.05) is 104 Å². The van der Waals surface area contributed by atoms with Crippen molar-refractivity contribution in [3.63, 3.8) is 0 Å². The maximum atomic E-state index is 4.36. The number of benzene rings is 2. The Balaban J connectivity index is 0.00000281. The van der Waals surface area contributed by atoms with Gasteiger partial charge in [-0.25, -0.2) is 0 Å². The van der Waals surface area contributed by atoms with Gasteiger partial charge >= 0.3 is 0 Å². The van der Waals surface area contributed by atoms with E-state index in [1.54, 1.807) is 0 Å². The molecule has 34 heavy (non-hydrogen) atoms. The van der Waals surface area contributed by atoms with Crippen LogP contribution in [-0.4, -0.2) is 6.54 Å². The maximum absolute atomic E-state index is 4.36. The fourth-order valence-corrected chi connectivity index (χ4v) is 3.22. The van der Waals surface area contributed by atoms with Gasteiger partial charge in [0.2, 0.25) is 0 Å². The van der Waals surface area contributed by atoms with Gasteiger partial charge in [0.15, 0.2) is 0 Å². The van der Waals surface area contributed by atoms with Crippen LogP contribution in [-0.2, 0) is 0 Å². The van der Waals surface area contributed by atoms with E-state index in [1.165, 1.54) is 11.1 Å². The summed E-state index contributed by atoms with van der Waals surface area (Å²) in [6.07, 6.45) is 18.8. The minimum atomic E-state index is 0.763. The van der Waals surface area contributed by atoms with Crippen molar-refractivity contribution < 1.29 is 0 Å². The van der Waals surface area contributed by atoms with Crippen LogP contribution in [0.5, 0.6) is 0 Å². The molecule has 0 radical (unpaired) electrons. The summed E-state index contributed by atoms with van der Waals surface area (Å²) in [5.41, 5.74) is 7.98. The van der Waals surface area contributed by atoms with E-state index >= 15 is 0 Å². The lowest BCUT2D eigenvalue weighted by molar-refractivity contribution is 1.04. The van der Waals surface area contributed by atoms with Crippen LogP contribution in [0.1, 0.15) is 37.5 Å². The minimum Gasteiger partial charge on any atom is -0.338 e. The predicted octanol–water partition coefficient (Wildman–Crippen LogP) is 9.50. The number of rotatable bonds is 10. The smallest absolute Gasteiger partial charge is 0.0417 e. The summed E-state index contributed by atoms with van der Waals surface area (Å²) >= 11 is 0. The van der Waals surface area contributed by atoms with Gasteiger partial charge in [-0.15, -0.1) is 13.2 Å². The van der Waals surface area contributed by atoms with E-state index in [1.807, 2.05) is 13.0 Å². The summed E-state index contributed by atoms with van der Waals surface area (Å²) in [5.74, 6) is 0. The van der Waals surface area contributed by atoms with Crippen LogP contribution < -0.4 is 4.90 Å². The molecule has 0 aliphatic rings. The average Bonchev–Trinajstić information content (AvgIpc) is 2.86. The fraction of sp³-hybridized carbons (Fsp3) is 0.152. The molecule has 0 saturated heterocycles. The predicted molar refractivity (Wildman–Crippen MR) is 156 cm³/mol. The number of nitrogens with zero attached hydrogens (tertiary/aromatic N) is 1. The first-order valence-electron chi connectivity index (χ1n) is 11.5. The number of hydrogen-bond acceptors (Lipinski definition) is 1. The maximum Gasteiger partial charge on any atom is 0.0417 e. The van der Waals surface area contributed by atoms with E-state index in [2.05, 4.69) is 149 Å². The number of anilines is 1. The van der Waals surface area contributed by atoms with E-state index in [-0.39, 0.29) is 0 Å². The second-order valence-corrected chi connectivity index (χ2v) is 7.72. The molecule has 0 aliphatic heterocycles. The number of allylic oxidation sites excluding steroid dienone is 8. The van der Waals surface area contributed by atoms with Crippen LogP contribution in [0.25, 0.3) is 12.2 Å². The van der Waals surface area contributed by atoms with Crippen molar-refractivity contribution in [1.82, 2.24) is 0 Å². The molecule has 0 heterocycles. The largest absolute Gasteiger partial charge is 0.338 e. The van der Waals surface area contributed by atoms with E-state index in [9.17, 15) is 0 Å².